The van der Waals surface area contributed by atoms with E-state index >= 15 is 0 Å². The normalized spacial score (nSPS) is 30.2. The summed E-state index contributed by atoms with van der Waals surface area (Å²) in [6.07, 6.45) is 3.18. The molecule has 0 amide bonds. The first-order valence-corrected chi connectivity index (χ1v) is 8.40. The molecule has 0 spiro atoms. The number of likely N-dealkylation sites (tertiary alicyclic amines) is 1. The fourth-order valence-corrected chi connectivity index (χ4v) is 4.13. The molecule has 1 aliphatic carbocycles. The van der Waals surface area contributed by atoms with Gasteiger partial charge in [-0.3, -0.25) is 4.90 Å². The van der Waals surface area contributed by atoms with Crippen LogP contribution in [-0.4, -0.2) is 54.0 Å². The van der Waals surface area contributed by atoms with Crippen LogP contribution in [0.5, 0.6) is 0 Å². The van der Waals surface area contributed by atoms with Crippen LogP contribution < -0.4 is 0 Å². The summed E-state index contributed by atoms with van der Waals surface area (Å²) in [6, 6.07) is 6.95. The Bertz CT molecular complexity index is 596. The zero-order valence-electron chi connectivity index (χ0n) is 13.9. The molecule has 0 bridgehead atoms. The number of methoxy groups -OCH3 is 1. The van der Waals surface area contributed by atoms with Crippen LogP contribution >= 0.6 is 0 Å². The first kappa shape index (κ1) is 17.3. The highest BCUT2D eigenvalue weighted by molar-refractivity contribution is 5.68. The average Bonchev–Trinajstić information content (AvgIpc) is 2.94. The molecule has 3 rings (SSSR count). The molecular formula is C18H24FNO4. The second kappa shape index (κ2) is 7.17. The molecule has 0 radical (unpaired) electrons. The smallest absolute Gasteiger partial charge is 0.329 e. The van der Waals surface area contributed by atoms with Crippen molar-refractivity contribution in [3.63, 3.8) is 0 Å². The standard InChI is InChI=1S/C18H24FNO4/c1-23-18-7-6-14(24-12-17(21)22)10-16(18)20(9-8-18)11-13-4-2-3-5-15(13)19/h2-5,14,16H,6-12H2,1H3,(H,21,22)/t14-,16-,18+/m0/s1. The van der Waals surface area contributed by atoms with E-state index in [9.17, 15) is 9.18 Å². The van der Waals surface area contributed by atoms with Gasteiger partial charge in [0.05, 0.1) is 11.7 Å². The minimum atomic E-state index is -0.951. The lowest BCUT2D eigenvalue weighted by atomic mass is 9.79. The third-order valence-electron chi connectivity index (χ3n) is 5.43. The number of nitrogens with zero attached hydrogens (tertiary/aromatic N) is 1. The van der Waals surface area contributed by atoms with Crippen molar-refractivity contribution in [1.29, 1.82) is 0 Å². The van der Waals surface area contributed by atoms with E-state index < -0.39 is 5.97 Å². The molecule has 1 heterocycles. The molecule has 1 saturated heterocycles. The number of halogens is 1. The number of ether oxygens (including phenoxy) is 2. The summed E-state index contributed by atoms with van der Waals surface area (Å²) in [5, 5.41) is 8.80. The van der Waals surface area contributed by atoms with E-state index in [1.54, 1.807) is 13.2 Å². The molecule has 1 saturated carbocycles. The molecule has 0 aromatic heterocycles. The Kier molecular flexibility index (Phi) is 5.18. The largest absolute Gasteiger partial charge is 0.480 e. The minimum Gasteiger partial charge on any atom is -0.480 e. The van der Waals surface area contributed by atoms with Crippen LogP contribution in [0, 0.1) is 5.82 Å². The zero-order valence-corrected chi connectivity index (χ0v) is 13.9. The van der Waals surface area contributed by atoms with Crippen LogP contribution in [0.1, 0.15) is 31.2 Å². The summed E-state index contributed by atoms with van der Waals surface area (Å²) in [4.78, 5) is 13.0. The van der Waals surface area contributed by atoms with Crippen molar-refractivity contribution in [2.24, 2.45) is 0 Å². The van der Waals surface area contributed by atoms with E-state index in [2.05, 4.69) is 4.90 Å². The lowest BCUT2D eigenvalue weighted by molar-refractivity contribution is -0.148. The van der Waals surface area contributed by atoms with Gasteiger partial charge in [0, 0.05) is 31.8 Å². The van der Waals surface area contributed by atoms with Gasteiger partial charge < -0.3 is 14.6 Å². The van der Waals surface area contributed by atoms with Gasteiger partial charge in [0.15, 0.2) is 0 Å². The number of fused-ring (bicyclic) bond motifs is 1. The number of rotatable bonds is 6. The predicted molar refractivity (Wildman–Crippen MR) is 86.2 cm³/mol. The van der Waals surface area contributed by atoms with E-state index in [1.165, 1.54) is 6.07 Å². The fourth-order valence-electron chi connectivity index (χ4n) is 4.13. The number of hydrogen-bond acceptors (Lipinski definition) is 4. The first-order valence-electron chi connectivity index (χ1n) is 8.40. The molecule has 24 heavy (non-hydrogen) atoms. The number of carboxylic acids is 1. The fraction of sp³-hybridized carbons (Fsp3) is 0.611. The molecule has 1 aliphatic heterocycles. The van der Waals surface area contributed by atoms with Crippen molar-refractivity contribution < 1.29 is 23.8 Å². The summed E-state index contributed by atoms with van der Waals surface area (Å²) in [6.45, 7) is 1.11. The van der Waals surface area contributed by atoms with Crippen LogP contribution in [-0.2, 0) is 20.8 Å². The second-order valence-corrected chi connectivity index (χ2v) is 6.70. The topological polar surface area (TPSA) is 59.0 Å². The Labute approximate surface area is 141 Å². The summed E-state index contributed by atoms with van der Waals surface area (Å²) in [5.41, 5.74) is 0.451. The Morgan fingerprint density at radius 3 is 2.92 bits per heavy atom. The van der Waals surface area contributed by atoms with Gasteiger partial charge in [-0.05, 0) is 31.7 Å². The van der Waals surface area contributed by atoms with Crippen LogP contribution in [0.4, 0.5) is 4.39 Å². The summed E-state index contributed by atoms with van der Waals surface area (Å²) in [5.74, 6) is -1.14. The zero-order chi connectivity index (χ0) is 17.2. The van der Waals surface area contributed by atoms with E-state index in [0.717, 1.165) is 32.2 Å². The van der Waals surface area contributed by atoms with Gasteiger partial charge in [-0.2, -0.15) is 0 Å². The highest BCUT2D eigenvalue weighted by Gasteiger charge is 2.51. The Balaban J connectivity index is 1.72. The van der Waals surface area contributed by atoms with E-state index in [4.69, 9.17) is 14.6 Å². The maximum Gasteiger partial charge on any atom is 0.329 e. The maximum absolute atomic E-state index is 14.0. The maximum atomic E-state index is 14.0. The van der Waals surface area contributed by atoms with Crippen LogP contribution in [0.2, 0.25) is 0 Å². The number of benzene rings is 1. The van der Waals surface area contributed by atoms with E-state index in [-0.39, 0.29) is 30.2 Å². The van der Waals surface area contributed by atoms with Crippen LogP contribution in [0.15, 0.2) is 24.3 Å². The number of aliphatic carboxylic acids is 1. The first-order chi connectivity index (χ1) is 11.5. The Morgan fingerprint density at radius 2 is 2.21 bits per heavy atom. The van der Waals surface area contributed by atoms with E-state index in [0.29, 0.717) is 12.1 Å². The number of carboxylic acid groups (broad SMARTS) is 1. The molecular weight excluding hydrogens is 313 g/mol. The highest BCUT2D eigenvalue weighted by atomic mass is 19.1. The number of hydrogen-bond donors (Lipinski definition) is 1. The number of carbonyl (C=O) groups is 1. The quantitative estimate of drug-likeness (QED) is 0.864. The molecule has 1 N–H and O–H groups in total. The van der Waals surface area contributed by atoms with Crippen molar-refractivity contribution in [3.8, 4) is 0 Å². The molecule has 1 aromatic carbocycles. The minimum absolute atomic E-state index is 0.0874. The lowest BCUT2D eigenvalue weighted by Crippen LogP contribution is -2.51. The molecule has 0 unspecified atom stereocenters. The highest BCUT2D eigenvalue weighted by Crippen LogP contribution is 2.43. The van der Waals surface area contributed by atoms with Gasteiger partial charge in [0.1, 0.15) is 12.4 Å². The van der Waals surface area contributed by atoms with Crippen molar-refractivity contribution in [1.82, 2.24) is 4.90 Å². The van der Waals surface area contributed by atoms with Gasteiger partial charge in [-0.25, -0.2) is 9.18 Å². The van der Waals surface area contributed by atoms with E-state index in [1.807, 2.05) is 12.1 Å². The molecule has 1 aromatic rings. The SMILES string of the molecule is CO[C@@]12CC[C@H](OCC(=O)O)C[C@@H]1N(Cc1ccccc1F)CC2. The third-order valence-corrected chi connectivity index (χ3v) is 5.43. The third kappa shape index (κ3) is 3.45. The summed E-state index contributed by atoms with van der Waals surface area (Å²) >= 11 is 0. The van der Waals surface area contributed by atoms with Gasteiger partial charge in [0.25, 0.3) is 0 Å². The Morgan fingerprint density at radius 1 is 1.42 bits per heavy atom. The van der Waals surface area contributed by atoms with Crippen molar-refractivity contribution in [2.45, 2.75) is 50.0 Å². The molecule has 2 aliphatic rings. The van der Waals surface area contributed by atoms with Gasteiger partial charge >= 0.3 is 5.97 Å². The second-order valence-electron chi connectivity index (χ2n) is 6.70. The predicted octanol–water partition coefficient (Wildman–Crippen LogP) is 2.44. The van der Waals surface area contributed by atoms with Gasteiger partial charge in [0.2, 0.25) is 0 Å². The van der Waals surface area contributed by atoms with Gasteiger partial charge in [-0.15, -0.1) is 0 Å². The molecule has 6 heteroatoms. The monoisotopic (exact) mass is 337 g/mol. The molecule has 3 atom stereocenters. The molecule has 132 valence electrons. The summed E-state index contributed by atoms with van der Waals surface area (Å²) in [7, 11) is 1.73. The molecule has 5 nitrogen and oxygen atoms in total. The van der Waals surface area contributed by atoms with Crippen LogP contribution in [0.25, 0.3) is 0 Å². The van der Waals surface area contributed by atoms with Crippen molar-refractivity contribution >= 4 is 5.97 Å². The van der Waals surface area contributed by atoms with Crippen LogP contribution in [0.3, 0.4) is 0 Å². The lowest BCUT2D eigenvalue weighted by Gasteiger charge is -2.43. The van der Waals surface area contributed by atoms with Crippen molar-refractivity contribution in [3.05, 3.63) is 35.6 Å². The van der Waals surface area contributed by atoms with Gasteiger partial charge in [-0.1, -0.05) is 18.2 Å². The Hall–Kier alpha value is -1.50. The van der Waals surface area contributed by atoms with Crippen molar-refractivity contribution in [2.75, 3.05) is 20.3 Å². The summed E-state index contributed by atoms with van der Waals surface area (Å²) < 4.78 is 25.4. The molecule has 2 fully saturated rings. The average molecular weight is 337 g/mol.